The summed E-state index contributed by atoms with van der Waals surface area (Å²) in [6.45, 7) is 8.42. The van der Waals surface area contributed by atoms with Crippen LogP contribution in [0, 0.1) is 25.7 Å². The van der Waals surface area contributed by atoms with Gasteiger partial charge in [-0.3, -0.25) is 4.90 Å². The van der Waals surface area contributed by atoms with Crippen molar-refractivity contribution >= 4 is 0 Å². The summed E-state index contributed by atoms with van der Waals surface area (Å²) in [4.78, 5) is 2.54. The van der Waals surface area contributed by atoms with E-state index in [2.05, 4.69) is 36.9 Å². The minimum atomic E-state index is 0.425. The number of ether oxygens (including phenoxy) is 1. The van der Waals surface area contributed by atoms with E-state index in [1.165, 1.54) is 43.5 Å². The van der Waals surface area contributed by atoms with Crippen molar-refractivity contribution in [2.24, 2.45) is 17.6 Å². The molecule has 1 aromatic rings. The SMILES string of the molecule is Cc1cc(C)cc(OCCN2CC3CCCC(N)C3C2)c1. The van der Waals surface area contributed by atoms with Gasteiger partial charge >= 0.3 is 0 Å². The van der Waals surface area contributed by atoms with Crippen molar-refractivity contribution in [3.8, 4) is 5.75 Å². The highest BCUT2D eigenvalue weighted by atomic mass is 16.5. The van der Waals surface area contributed by atoms with Crippen LogP contribution in [-0.2, 0) is 0 Å². The monoisotopic (exact) mass is 288 g/mol. The molecule has 0 radical (unpaired) electrons. The Hall–Kier alpha value is -1.06. The van der Waals surface area contributed by atoms with Gasteiger partial charge in [-0.25, -0.2) is 0 Å². The van der Waals surface area contributed by atoms with Crippen LogP contribution < -0.4 is 10.5 Å². The lowest BCUT2D eigenvalue weighted by molar-refractivity contribution is 0.229. The Morgan fingerprint density at radius 2 is 1.90 bits per heavy atom. The van der Waals surface area contributed by atoms with Gasteiger partial charge in [0, 0.05) is 25.7 Å². The Morgan fingerprint density at radius 1 is 1.14 bits per heavy atom. The molecule has 0 spiro atoms. The predicted octanol–water partition coefficient (Wildman–Crippen LogP) is 2.74. The van der Waals surface area contributed by atoms with Gasteiger partial charge in [0.1, 0.15) is 12.4 Å². The molecule has 3 unspecified atom stereocenters. The van der Waals surface area contributed by atoms with Gasteiger partial charge in [0.2, 0.25) is 0 Å². The quantitative estimate of drug-likeness (QED) is 0.926. The number of fused-ring (bicyclic) bond motifs is 1. The summed E-state index contributed by atoms with van der Waals surface area (Å²) in [6.07, 6.45) is 3.90. The fourth-order valence-electron chi connectivity index (χ4n) is 4.10. The van der Waals surface area contributed by atoms with E-state index in [9.17, 15) is 0 Å². The Balaban J connectivity index is 1.48. The Morgan fingerprint density at radius 3 is 2.62 bits per heavy atom. The van der Waals surface area contributed by atoms with Crippen molar-refractivity contribution in [2.75, 3.05) is 26.2 Å². The number of nitrogens with zero attached hydrogens (tertiary/aromatic N) is 1. The van der Waals surface area contributed by atoms with Crippen molar-refractivity contribution in [3.63, 3.8) is 0 Å². The zero-order valence-electron chi connectivity index (χ0n) is 13.3. The van der Waals surface area contributed by atoms with Crippen molar-refractivity contribution in [3.05, 3.63) is 29.3 Å². The van der Waals surface area contributed by atoms with Crippen LogP contribution in [0.5, 0.6) is 5.75 Å². The van der Waals surface area contributed by atoms with Gasteiger partial charge < -0.3 is 10.5 Å². The minimum Gasteiger partial charge on any atom is -0.492 e. The van der Waals surface area contributed by atoms with E-state index in [4.69, 9.17) is 10.5 Å². The normalized spacial score (nSPS) is 29.4. The summed E-state index contributed by atoms with van der Waals surface area (Å²) in [5.41, 5.74) is 8.81. The molecule has 1 saturated carbocycles. The highest BCUT2D eigenvalue weighted by molar-refractivity contribution is 5.32. The van der Waals surface area contributed by atoms with Gasteiger partial charge in [-0.05, 0) is 61.8 Å². The number of benzene rings is 1. The van der Waals surface area contributed by atoms with Gasteiger partial charge in [-0.2, -0.15) is 0 Å². The Bertz CT molecular complexity index is 468. The first-order valence-corrected chi connectivity index (χ1v) is 8.31. The van der Waals surface area contributed by atoms with Crippen LogP contribution >= 0.6 is 0 Å². The van der Waals surface area contributed by atoms with E-state index >= 15 is 0 Å². The first-order chi connectivity index (χ1) is 10.1. The summed E-state index contributed by atoms with van der Waals surface area (Å²) in [6, 6.07) is 6.84. The van der Waals surface area contributed by atoms with Crippen LogP contribution in [0.2, 0.25) is 0 Å². The minimum absolute atomic E-state index is 0.425. The fraction of sp³-hybridized carbons (Fsp3) is 0.667. The second-order valence-corrected chi connectivity index (χ2v) is 6.95. The summed E-state index contributed by atoms with van der Waals surface area (Å²) >= 11 is 0. The molecule has 116 valence electrons. The molecule has 2 aliphatic rings. The second-order valence-electron chi connectivity index (χ2n) is 6.95. The van der Waals surface area contributed by atoms with Crippen LogP contribution in [0.1, 0.15) is 30.4 Å². The molecule has 21 heavy (non-hydrogen) atoms. The molecule has 0 amide bonds. The average molecular weight is 288 g/mol. The van der Waals surface area contributed by atoms with Crippen LogP contribution in [0.25, 0.3) is 0 Å². The highest BCUT2D eigenvalue weighted by Crippen LogP contribution is 2.35. The van der Waals surface area contributed by atoms with E-state index < -0.39 is 0 Å². The number of aryl methyl sites for hydroxylation is 2. The Kier molecular flexibility index (Phi) is 4.51. The van der Waals surface area contributed by atoms with Crippen molar-refractivity contribution in [2.45, 2.75) is 39.2 Å². The lowest BCUT2D eigenvalue weighted by Crippen LogP contribution is -2.38. The molecule has 1 saturated heterocycles. The summed E-state index contributed by atoms with van der Waals surface area (Å²) in [5, 5.41) is 0. The molecule has 1 aliphatic carbocycles. The number of rotatable bonds is 4. The molecule has 3 atom stereocenters. The first-order valence-electron chi connectivity index (χ1n) is 8.31. The molecule has 2 N–H and O–H groups in total. The number of nitrogens with two attached hydrogens (primary N) is 1. The first kappa shape index (κ1) is 14.9. The molecule has 3 rings (SSSR count). The van der Waals surface area contributed by atoms with Crippen molar-refractivity contribution in [1.82, 2.24) is 4.90 Å². The van der Waals surface area contributed by atoms with E-state index in [1.54, 1.807) is 0 Å². The second kappa shape index (κ2) is 6.37. The van der Waals surface area contributed by atoms with E-state index in [-0.39, 0.29) is 0 Å². The molecule has 1 heterocycles. The maximum Gasteiger partial charge on any atom is 0.119 e. The lowest BCUT2D eigenvalue weighted by Gasteiger charge is -2.29. The Labute approximate surface area is 128 Å². The van der Waals surface area contributed by atoms with Gasteiger partial charge in [0.25, 0.3) is 0 Å². The molecular formula is C18H28N2O. The highest BCUT2D eigenvalue weighted by Gasteiger charge is 2.38. The third-order valence-corrected chi connectivity index (χ3v) is 5.10. The average Bonchev–Trinajstić information content (AvgIpc) is 2.82. The molecule has 3 nitrogen and oxygen atoms in total. The van der Waals surface area contributed by atoms with Crippen LogP contribution in [-0.4, -0.2) is 37.2 Å². The molecule has 2 fully saturated rings. The fourth-order valence-corrected chi connectivity index (χ4v) is 4.10. The van der Waals surface area contributed by atoms with Crippen molar-refractivity contribution in [1.29, 1.82) is 0 Å². The zero-order chi connectivity index (χ0) is 14.8. The number of likely N-dealkylation sites (tertiary alicyclic amines) is 1. The van der Waals surface area contributed by atoms with E-state index in [0.717, 1.165) is 30.7 Å². The van der Waals surface area contributed by atoms with Crippen LogP contribution in [0.15, 0.2) is 18.2 Å². The maximum absolute atomic E-state index is 6.28. The maximum atomic E-state index is 6.28. The third kappa shape index (κ3) is 3.58. The van der Waals surface area contributed by atoms with E-state index in [1.807, 2.05) is 0 Å². The molecular weight excluding hydrogens is 260 g/mol. The molecule has 1 aromatic carbocycles. The van der Waals surface area contributed by atoms with Gasteiger partial charge in [0.15, 0.2) is 0 Å². The molecule has 0 aromatic heterocycles. The number of hydrogen-bond donors (Lipinski definition) is 1. The number of hydrogen-bond acceptors (Lipinski definition) is 3. The largest absolute Gasteiger partial charge is 0.492 e. The van der Waals surface area contributed by atoms with Crippen LogP contribution in [0.4, 0.5) is 0 Å². The molecule has 1 aliphatic heterocycles. The van der Waals surface area contributed by atoms with Crippen molar-refractivity contribution < 1.29 is 4.74 Å². The van der Waals surface area contributed by atoms with Gasteiger partial charge in [-0.15, -0.1) is 0 Å². The third-order valence-electron chi connectivity index (χ3n) is 5.10. The zero-order valence-corrected chi connectivity index (χ0v) is 13.3. The summed E-state index contributed by atoms with van der Waals surface area (Å²) in [7, 11) is 0. The van der Waals surface area contributed by atoms with Gasteiger partial charge in [-0.1, -0.05) is 12.5 Å². The smallest absolute Gasteiger partial charge is 0.119 e. The van der Waals surface area contributed by atoms with E-state index in [0.29, 0.717) is 6.04 Å². The summed E-state index contributed by atoms with van der Waals surface area (Å²) < 4.78 is 5.94. The molecule has 3 heteroatoms. The summed E-state index contributed by atoms with van der Waals surface area (Å²) in [5.74, 6) is 2.55. The predicted molar refractivity (Wildman–Crippen MR) is 86.7 cm³/mol. The van der Waals surface area contributed by atoms with Gasteiger partial charge in [0.05, 0.1) is 0 Å². The lowest BCUT2D eigenvalue weighted by atomic mass is 9.78. The van der Waals surface area contributed by atoms with Crippen LogP contribution in [0.3, 0.4) is 0 Å². The molecule has 0 bridgehead atoms. The standard InChI is InChI=1S/C18H28N2O/c1-13-8-14(2)10-16(9-13)21-7-6-20-11-15-4-3-5-18(19)17(15)12-20/h8-10,15,17-18H,3-7,11-12,19H2,1-2H3. The topological polar surface area (TPSA) is 38.5 Å².